The molecule has 0 bridgehead atoms. The Hall–Kier alpha value is -0.810. The van der Waals surface area contributed by atoms with Crippen molar-refractivity contribution >= 4 is 6.03 Å². The fourth-order valence-electron chi connectivity index (χ4n) is 1.11. The van der Waals surface area contributed by atoms with Gasteiger partial charge in [0.15, 0.2) is 0 Å². The molecule has 5 heteroatoms. The number of urea groups is 1. The number of carbonyl (C=O) groups is 1. The number of hydrogen-bond donors (Lipinski definition) is 3. The molecule has 1 aliphatic rings. The molecule has 1 heterocycles. The molecule has 1 atom stereocenters. The van der Waals surface area contributed by atoms with E-state index in [2.05, 4.69) is 5.32 Å². The highest BCUT2D eigenvalue weighted by atomic mass is 16.2. The zero-order chi connectivity index (χ0) is 7.56. The Balaban J connectivity index is 2.24. The molecule has 0 aliphatic carbocycles. The van der Waals surface area contributed by atoms with Gasteiger partial charge in [0.2, 0.25) is 0 Å². The molecule has 0 spiro atoms. The van der Waals surface area contributed by atoms with Gasteiger partial charge in [-0.3, -0.25) is 5.84 Å². The second kappa shape index (κ2) is 2.85. The van der Waals surface area contributed by atoms with Gasteiger partial charge in [-0.05, 0) is 6.42 Å². The summed E-state index contributed by atoms with van der Waals surface area (Å²) in [5.74, 6) is 5.44. The highest BCUT2D eigenvalue weighted by Gasteiger charge is 2.20. The molecule has 0 aromatic carbocycles. The number of rotatable bonds is 1. The number of hydrogen-bond acceptors (Lipinski definition) is 3. The van der Waals surface area contributed by atoms with E-state index in [0.717, 1.165) is 13.0 Å². The van der Waals surface area contributed by atoms with Crippen LogP contribution in [0.5, 0.6) is 0 Å². The van der Waals surface area contributed by atoms with Crippen molar-refractivity contribution in [2.24, 2.45) is 11.6 Å². The Kier molecular flexibility index (Phi) is 2.08. The minimum Gasteiger partial charge on any atom is -0.352 e. The van der Waals surface area contributed by atoms with Crippen LogP contribution in [0.15, 0.2) is 0 Å². The van der Waals surface area contributed by atoms with Gasteiger partial charge in [0, 0.05) is 19.1 Å². The molecule has 1 rings (SSSR count). The molecule has 0 aromatic rings. The van der Waals surface area contributed by atoms with Crippen LogP contribution in [0.1, 0.15) is 6.42 Å². The molecule has 5 nitrogen and oxygen atoms in total. The molecule has 10 heavy (non-hydrogen) atoms. The van der Waals surface area contributed by atoms with E-state index in [4.69, 9.17) is 11.6 Å². The van der Waals surface area contributed by atoms with Crippen molar-refractivity contribution < 1.29 is 4.79 Å². The van der Waals surface area contributed by atoms with E-state index in [9.17, 15) is 4.79 Å². The average molecular weight is 144 g/mol. The first-order chi connectivity index (χ1) is 4.68. The summed E-state index contributed by atoms with van der Waals surface area (Å²) in [5, 5.41) is 4.26. The van der Waals surface area contributed by atoms with Crippen molar-refractivity contribution in [1.29, 1.82) is 0 Å². The van der Waals surface area contributed by atoms with Crippen molar-refractivity contribution in [3.05, 3.63) is 0 Å². The maximum atomic E-state index is 10.3. The minimum atomic E-state index is -0.472. The number of nitrogens with two attached hydrogens (primary N) is 2. The zero-order valence-corrected chi connectivity index (χ0v) is 5.71. The Morgan fingerprint density at radius 1 is 1.70 bits per heavy atom. The van der Waals surface area contributed by atoms with Crippen LogP contribution in [0, 0.1) is 0 Å². The minimum absolute atomic E-state index is 0.141. The van der Waals surface area contributed by atoms with Crippen LogP contribution >= 0.6 is 0 Å². The summed E-state index contributed by atoms with van der Waals surface area (Å²) in [4.78, 5) is 10.3. The van der Waals surface area contributed by atoms with Crippen LogP contribution < -0.4 is 16.9 Å². The third-order valence-corrected chi connectivity index (χ3v) is 1.57. The Morgan fingerprint density at radius 3 is 2.80 bits per heavy atom. The van der Waals surface area contributed by atoms with E-state index in [1.165, 1.54) is 0 Å². The summed E-state index contributed by atoms with van der Waals surface area (Å²) in [7, 11) is 0. The molecule has 0 aromatic heterocycles. The lowest BCUT2D eigenvalue weighted by atomic mass is 10.3. The van der Waals surface area contributed by atoms with Gasteiger partial charge in [-0.1, -0.05) is 0 Å². The third kappa shape index (κ3) is 1.85. The topological polar surface area (TPSA) is 84.4 Å². The van der Waals surface area contributed by atoms with Crippen LogP contribution in [0.4, 0.5) is 4.79 Å². The predicted octanol–water partition coefficient (Wildman–Crippen LogP) is -1.40. The zero-order valence-electron chi connectivity index (χ0n) is 5.71. The van der Waals surface area contributed by atoms with Crippen molar-refractivity contribution in [2.75, 3.05) is 13.1 Å². The number of amides is 2. The Morgan fingerprint density at radius 2 is 2.40 bits per heavy atom. The average Bonchev–Trinajstić information content (AvgIpc) is 2.13. The second-order valence-corrected chi connectivity index (χ2v) is 2.49. The van der Waals surface area contributed by atoms with Crippen LogP contribution in [-0.2, 0) is 0 Å². The quantitative estimate of drug-likeness (QED) is 0.396. The molecule has 0 radical (unpaired) electrons. The van der Waals surface area contributed by atoms with E-state index in [0.29, 0.717) is 6.54 Å². The summed E-state index contributed by atoms with van der Waals surface area (Å²) in [6, 6.07) is -0.331. The van der Waals surface area contributed by atoms with Crippen molar-refractivity contribution in [2.45, 2.75) is 12.5 Å². The Labute approximate surface area is 59.3 Å². The van der Waals surface area contributed by atoms with Crippen LogP contribution in [0.25, 0.3) is 0 Å². The van der Waals surface area contributed by atoms with Gasteiger partial charge in [0.1, 0.15) is 0 Å². The first-order valence-corrected chi connectivity index (χ1v) is 3.24. The molecule has 2 amide bonds. The maximum Gasteiger partial charge on any atom is 0.312 e. The standard InChI is InChI=1S/C5H12N4O/c6-5(10)8-4-1-2-9(7)3-4/h4H,1-3,7H2,(H3,6,8,10). The van der Waals surface area contributed by atoms with Gasteiger partial charge < -0.3 is 11.1 Å². The van der Waals surface area contributed by atoms with Crippen LogP contribution in [-0.4, -0.2) is 30.2 Å². The maximum absolute atomic E-state index is 10.3. The lowest BCUT2D eigenvalue weighted by molar-refractivity contribution is 0.244. The summed E-state index contributed by atoms with van der Waals surface area (Å²) < 4.78 is 0. The molecule has 5 N–H and O–H groups in total. The summed E-state index contributed by atoms with van der Waals surface area (Å²) >= 11 is 0. The fraction of sp³-hybridized carbons (Fsp3) is 0.800. The fourth-order valence-corrected chi connectivity index (χ4v) is 1.11. The number of primary amides is 1. The molecular weight excluding hydrogens is 132 g/mol. The molecule has 1 fully saturated rings. The van der Waals surface area contributed by atoms with Gasteiger partial charge in [-0.2, -0.15) is 0 Å². The number of hydrazine groups is 1. The smallest absolute Gasteiger partial charge is 0.312 e. The van der Waals surface area contributed by atoms with Gasteiger partial charge in [0.05, 0.1) is 0 Å². The van der Waals surface area contributed by atoms with Crippen molar-refractivity contribution in [3.63, 3.8) is 0 Å². The lowest BCUT2D eigenvalue weighted by Gasteiger charge is -2.09. The second-order valence-electron chi connectivity index (χ2n) is 2.49. The highest BCUT2D eigenvalue weighted by Crippen LogP contribution is 2.02. The van der Waals surface area contributed by atoms with Gasteiger partial charge in [-0.15, -0.1) is 0 Å². The summed E-state index contributed by atoms with van der Waals surface area (Å²) in [6.45, 7) is 1.52. The van der Waals surface area contributed by atoms with Crippen LogP contribution in [0.2, 0.25) is 0 Å². The molecule has 1 unspecified atom stereocenters. The normalized spacial score (nSPS) is 26.7. The SMILES string of the molecule is NC(=O)NC1CCN(N)C1. The van der Waals surface area contributed by atoms with Crippen molar-refractivity contribution in [3.8, 4) is 0 Å². The summed E-state index contributed by atoms with van der Waals surface area (Å²) in [5.41, 5.74) is 4.91. The third-order valence-electron chi connectivity index (χ3n) is 1.57. The lowest BCUT2D eigenvalue weighted by Crippen LogP contribution is -2.41. The van der Waals surface area contributed by atoms with Gasteiger partial charge in [-0.25, -0.2) is 9.80 Å². The highest BCUT2D eigenvalue weighted by molar-refractivity contribution is 5.72. The first kappa shape index (κ1) is 7.30. The molecule has 0 saturated carbocycles. The molecule has 1 aliphatic heterocycles. The molecular formula is C5H12N4O. The van der Waals surface area contributed by atoms with Gasteiger partial charge in [0.25, 0.3) is 0 Å². The Bertz CT molecular complexity index is 138. The predicted molar refractivity (Wildman–Crippen MR) is 36.9 cm³/mol. The van der Waals surface area contributed by atoms with Gasteiger partial charge >= 0.3 is 6.03 Å². The van der Waals surface area contributed by atoms with E-state index in [1.54, 1.807) is 5.01 Å². The van der Waals surface area contributed by atoms with Crippen molar-refractivity contribution in [1.82, 2.24) is 10.3 Å². The molecule has 58 valence electrons. The number of carbonyl (C=O) groups excluding carboxylic acids is 1. The number of nitrogens with one attached hydrogen (secondary N) is 1. The number of nitrogens with zero attached hydrogens (tertiary/aromatic N) is 1. The first-order valence-electron chi connectivity index (χ1n) is 3.24. The van der Waals surface area contributed by atoms with E-state index in [1.807, 2.05) is 0 Å². The summed E-state index contributed by atoms with van der Waals surface area (Å²) in [6.07, 6.45) is 0.888. The van der Waals surface area contributed by atoms with E-state index >= 15 is 0 Å². The van der Waals surface area contributed by atoms with Crippen LogP contribution in [0.3, 0.4) is 0 Å². The molecule has 1 saturated heterocycles. The van der Waals surface area contributed by atoms with E-state index in [-0.39, 0.29) is 6.04 Å². The monoisotopic (exact) mass is 144 g/mol. The largest absolute Gasteiger partial charge is 0.352 e. The van der Waals surface area contributed by atoms with E-state index < -0.39 is 6.03 Å².